The summed E-state index contributed by atoms with van der Waals surface area (Å²) < 4.78 is 56.6. The summed E-state index contributed by atoms with van der Waals surface area (Å²) in [5, 5.41) is 2.91. The molecule has 1 aromatic heterocycles. The third-order valence-corrected chi connectivity index (χ3v) is 7.34. The molecule has 0 atom stereocenters. The predicted molar refractivity (Wildman–Crippen MR) is 120 cm³/mol. The van der Waals surface area contributed by atoms with Crippen LogP contribution in [-0.2, 0) is 14.8 Å². The number of hydrogen-bond acceptors (Lipinski definition) is 5. The molecule has 7 nitrogen and oxygen atoms in total. The Kier molecular flexibility index (Phi) is 6.61. The van der Waals surface area contributed by atoms with E-state index in [2.05, 4.69) is 15.0 Å². The first-order valence-corrected chi connectivity index (χ1v) is 12.1. The Morgan fingerprint density at radius 3 is 2.36 bits per heavy atom. The summed E-state index contributed by atoms with van der Waals surface area (Å²) in [5.74, 6) is -0.515. The fourth-order valence-electron chi connectivity index (χ4n) is 3.11. The number of carbonyl (C=O) groups excluding carboxylic acids is 1. The topological polar surface area (TPSA) is 92.1 Å². The minimum absolute atomic E-state index is 0.0254. The summed E-state index contributed by atoms with van der Waals surface area (Å²) in [5.41, 5.74) is 1.46. The number of fused-ring (bicyclic) bond motifs is 1. The third kappa shape index (κ3) is 5.15. The number of H-pyrrole nitrogens is 1. The number of amides is 1. The average Bonchev–Trinajstić information content (AvgIpc) is 3.18. The van der Waals surface area contributed by atoms with Crippen LogP contribution in [0, 0.1) is 0 Å². The first-order valence-electron chi connectivity index (χ1n) is 9.65. The average molecular weight is 491 g/mol. The fraction of sp³-hybridized carbons (Fsp3) is 0.0909. The molecule has 1 heterocycles. The maximum Gasteiger partial charge on any atom is 0.387 e. The summed E-state index contributed by atoms with van der Waals surface area (Å²) >= 11 is 1.03. The Hall–Kier alpha value is -3.44. The number of para-hydroxylation sites is 2. The van der Waals surface area contributed by atoms with Crippen molar-refractivity contribution in [2.75, 3.05) is 11.1 Å². The molecule has 0 bridgehead atoms. The lowest BCUT2D eigenvalue weighted by Crippen LogP contribution is -2.44. The van der Waals surface area contributed by atoms with E-state index in [1.807, 2.05) is 0 Å². The van der Waals surface area contributed by atoms with Gasteiger partial charge in [0, 0.05) is 5.69 Å². The third-order valence-electron chi connectivity index (χ3n) is 4.53. The number of thioether (sulfide) groups is 1. The first kappa shape index (κ1) is 22.7. The van der Waals surface area contributed by atoms with E-state index in [1.165, 1.54) is 40.4 Å². The van der Waals surface area contributed by atoms with Crippen molar-refractivity contribution in [3.63, 3.8) is 0 Å². The molecule has 1 amide bonds. The molecule has 170 valence electrons. The number of nitrogens with one attached hydrogen (secondary N) is 2. The molecule has 2 N–H and O–H groups in total. The summed E-state index contributed by atoms with van der Waals surface area (Å²) in [7, 11) is -3.92. The van der Waals surface area contributed by atoms with Crippen molar-refractivity contribution < 1.29 is 30.7 Å². The van der Waals surface area contributed by atoms with Crippen molar-refractivity contribution in [1.82, 2.24) is 4.98 Å². The summed E-state index contributed by atoms with van der Waals surface area (Å²) in [6, 6.07) is 20.5. The van der Waals surface area contributed by atoms with Crippen molar-refractivity contribution in [3.05, 3.63) is 78.9 Å². The highest BCUT2D eigenvalue weighted by Crippen LogP contribution is 2.22. The number of alkyl halides is 2. The van der Waals surface area contributed by atoms with Crippen LogP contribution >= 0.6 is 11.8 Å². The van der Waals surface area contributed by atoms with Crippen molar-refractivity contribution in [2.45, 2.75) is 16.7 Å². The van der Waals surface area contributed by atoms with Gasteiger partial charge in [-0.2, -0.15) is 17.2 Å². The number of aromatic nitrogens is 2. The van der Waals surface area contributed by atoms with Gasteiger partial charge in [0.2, 0.25) is 5.91 Å². The van der Waals surface area contributed by atoms with Gasteiger partial charge in [0.25, 0.3) is 0 Å². The van der Waals surface area contributed by atoms with Gasteiger partial charge >= 0.3 is 21.8 Å². The van der Waals surface area contributed by atoms with Crippen molar-refractivity contribution in [1.29, 1.82) is 0 Å². The maximum atomic E-state index is 13.3. The van der Waals surface area contributed by atoms with Gasteiger partial charge in [-0.05, 0) is 60.3 Å². The zero-order valence-corrected chi connectivity index (χ0v) is 18.6. The highest BCUT2D eigenvalue weighted by Gasteiger charge is 2.31. The highest BCUT2D eigenvalue weighted by molar-refractivity contribution is 8.00. The van der Waals surface area contributed by atoms with Crippen LogP contribution in [0.15, 0.2) is 88.9 Å². The second kappa shape index (κ2) is 9.59. The van der Waals surface area contributed by atoms with E-state index in [9.17, 15) is 22.0 Å². The fourth-order valence-corrected chi connectivity index (χ4v) is 5.70. The molecule has 11 heteroatoms. The lowest BCUT2D eigenvalue weighted by molar-refractivity contribution is -0.526. The minimum atomic E-state index is -3.92. The van der Waals surface area contributed by atoms with E-state index in [-0.39, 0.29) is 21.6 Å². The summed E-state index contributed by atoms with van der Waals surface area (Å²) in [6.45, 7) is -2.93. The highest BCUT2D eigenvalue weighted by atomic mass is 32.2. The molecule has 0 aliphatic rings. The van der Waals surface area contributed by atoms with Gasteiger partial charge in [-0.3, -0.25) is 4.79 Å². The van der Waals surface area contributed by atoms with E-state index in [0.29, 0.717) is 16.7 Å². The molecule has 0 aliphatic heterocycles. The molecule has 4 rings (SSSR count). The molecule has 0 radical (unpaired) electrons. The van der Waals surface area contributed by atoms with Crippen LogP contribution in [0.5, 0.6) is 5.75 Å². The predicted octanol–water partition coefficient (Wildman–Crippen LogP) is 4.02. The van der Waals surface area contributed by atoms with Crippen molar-refractivity contribution >= 4 is 44.4 Å². The number of ether oxygens (including phenoxy) is 1. The Labute approximate surface area is 192 Å². The molecular formula is C22H18F2N3O4S2+. The lowest BCUT2D eigenvalue weighted by Gasteiger charge is -2.07. The molecule has 0 saturated heterocycles. The normalized spacial score (nSPS) is 11.6. The number of anilines is 1. The number of hydrogen-bond donors (Lipinski definition) is 2. The second-order valence-electron chi connectivity index (χ2n) is 6.77. The van der Waals surface area contributed by atoms with Crippen LogP contribution in [0.2, 0.25) is 0 Å². The van der Waals surface area contributed by atoms with Crippen LogP contribution < -0.4 is 14.0 Å². The number of nitrogens with zero attached hydrogens (tertiary/aromatic N) is 1. The number of rotatable bonds is 8. The Morgan fingerprint density at radius 2 is 1.67 bits per heavy atom. The molecular weight excluding hydrogens is 472 g/mol. The number of benzene rings is 3. The molecule has 33 heavy (non-hydrogen) atoms. The molecule has 0 aliphatic carbocycles. The number of aromatic amines is 1. The second-order valence-corrected chi connectivity index (χ2v) is 9.52. The van der Waals surface area contributed by atoms with Crippen molar-refractivity contribution in [2.24, 2.45) is 0 Å². The summed E-state index contributed by atoms with van der Waals surface area (Å²) in [6.07, 6.45) is 0. The molecule has 0 spiro atoms. The van der Waals surface area contributed by atoms with Gasteiger partial charge in [-0.1, -0.05) is 30.3 Å². The Bertz CT molecular complexity index is 1380. The smallest absolute Gasteiger partial charge is 0.387 e. The molecule has 3 aromatic carbocycles. The largest absolute Gasteiger partial charge is 0.435 e. The van der Waals surface area contributed by atoms with Crippen LogP contribution in [0.3, 0.4) is 0 Å². The van der Waals surface area contributed by atoms with Gasteiger partial charge in [-0.15, -0.1) is 3.97 Å². The van der Waals surface area contributed by atoms with E-state index in [1.54, 1.807) is 42.5 Å². The zero-order valence-electron chi connectivity index (χ0n) is 16.9. The molecule has 0 fully saturated rings. The standard InChI is InChI=1S/C22H17F2N3O4S2/c23-21(24)31-16-12-10-15(11-13-16)25-20(28)14-32-22-26-18-8-4-5-9-19(18)27(22)33(29,30)17-6-2-1-3-7-17/h1-13,21H,14H2,(H,25,28)/p+1. The molecule has 0 unspecified atom stereocenters. The number of halogens is 2. The molecule has 0 saturated carbocycles. The monoisotopic (exact) mass is 490 g/mol. The Morgan fingerprint density at radius 1 is 1.00 bits per heavy atom. The number of carbonyl (C=O) groups is 1. The van der Waals surface area contributed by atoms with Crippen LogP contribution in [0.25, 0.3) is 11.0 Å². The van der Waals surface area contributed by atoms with Crippen LogP contribution in [-0.4, -0.2) is 31.7 Å². The van der Waals surface area contributed by atoms with Crippen molar-refractivity contribution in [3.8, 4) is 5.75 Å². The molecule has 4 aromatic rings. The Balaban J connectivity index is 1.54. The van der Waals surface area contributed by atoms with Crippen LogP contribution in [0.4, 0.5) is 14.5 Å². The van der Waals surface area contributed by atoms with E-state index >= 15 is 0 Å². The van der Waals surface area contributed by atoms with E-state index in [0.717, 1.165) is 11.8 Å². The van der Waals surface area contributed by atoms with Gasteiger partial charge < -0.3 is 10.1 Å². The quantitative estimate of drug-likeness (QED) is 0.288. The zero-order chi connectivity index (χ0) is 23.4. The minimum Gasteiger partial charge on any atom is -0.435 e. The van der Waals surface area contributed by atoms with Crippen LogP contribution in [0.1, 0.15) is 0 Å². The number of imidazole rings is 1. The van der Waals surface area contributed by atoms with Gasteiger partial charge in [0.15, 0.2) is 11.0 Å². The van der Waals surface area contributed by atoms with E-state index < -0.39 is 22.5 Å². The van der Waals surface area contributed by atoms with Gasteiger partial charge in [-0.25, -0.2) is 4.98 Å². The first-order chi connectivity index (χ1) is 15.8. The van der Waals surface area contributed by atoms with Gasteiger partial charge in [0.1, 0.15) is 10.6 Å². The summed E-state index contributed by atoms with van der Waals surface area (Å²) in [4.78, 5) is 15.6. The maximum absolute atomic E-state index is 13.3. The van der Waals surface area contributed by atoms with E-state index in [4.69, 9.17) is 0 Å². The van der Waals surface area contributed by atoms with Gasteiger partial charge in [0.05, 0.1) is 5.75 Å². The lowest BCUT2D eigenvalue weighted by atomic mass is 10.3. The SMILES string of the molecule is O=C(CSc1[nH]c2ccccc2[n+]1S(=O)(=O)c1ccccc1)Nc1ccc(OC(F)F)cc1.